The zero-order valence-electron chi connectivity index (χ0n) is 13.3. The van der Waals surface area contributed by atoms with Crippen LogP contribution in [-0.4, -0.2) is 40.5 Å². The summed E-state index contributed by atoms with van der Waals surface area (Å²) in [7, 11) is 2.16. The Morgan fingerprint density at radius 1 is 1.52 bits per heavy atom. The third-order valence-corrected chi connectivity index (χ3v) is 4.82. The standard InChI is InChI=1S/C15H26N4OS/c1-11(2)15-13(21-18-17-15)9-16-14(20)7-6-12-5-4-8-19(3)10-12/h11-12H,4-10H2,1-3H3,(H,16,20)/t12-/m0/s1. The summed E-state index contributed by atoms with van der Waals surface area (Å²) >= 11 is 1.38. The minimum absolute atomic E-state index is 0.145. The zero-order valence-corrected chi connectivity index (χ0v) is 14.1. The topological polar surface area (TPSA) is 58.1 Å². The molecule has 1 atom stereocenters. The first-order valence-electron chi connectivity index (χ1n) is 7.82. The first kappa shape index (κ1) is 16.4. The molecule has 1 aromatic rings. The van der Waals surface area contributed by atoms with Crippen molar-refractivity contribution in [2.45, 2.75) is 52.0 Å². The monoisotopic (exact) mass is 310 g/mol. The third kappa shape index (κ3) is 5.04. The second-order valence-electron chi connectivity index (χ2n) is 6.32. The third-order valence-electron chi connectivity index (χ3n) is 4.08. The molecule has 0 aromatic carbocycles. The Kier molecular flexibility index (Phi) is 6.11. The molecule has 1 fully saturated rings. The average molecular weight is 310 g/mol. The molecular weight excluding hydrogens is 284 g/mol. The van der Waals surface area contributed by atoms with Gasteiger partial charge >= 0.3 is 0 Å². The highest BCUT2D eigenvalue weighted by atomic mass is 32.1. The van der Waals surface area contributed by atoms with E-state index in [1.165, 1.54) is 30.9 Å². The van der Waals surface area contributed by atoms with E-state index in [4.69, 9.17) is 0 Å². The van der Waals surface area contributed by atoms with Crippen LogP contribution in [0.5, 0.6) is 0 Å². The lowest BCUT2D eigenvalue weighted by molar-refractivity contribution is -0.121. The number of likely N-dealkylation sites (tertiary alicyclic amines) is 1. The Morgan fingerprint density at radius 2 is 2.33 bits per heavy atom. The highest BCUT2D eigenvalue weighted by Crippen LogP contribution is 2.21. The maximum atomic E-state index is 12.0. The van der Waals surface area contributed by atoms with E-state index in [9.17, 15) is 4.79 Å². The van der Waals surface area contributed by atoms with Crippen molar-refractivity contribution in [2.75, 3.05) is 20.1 Å². The fraction of sp³-hybridized carbons (Fsp3) is 0.800. The van der Waals surface area contributed by atoms with Crippen molar-refractivity contribution in [3.05, 3.63) is 10.6 Å². The number of nitrogens with one attached hydrogen (secondary N) is 1. The summed E-state index contributed by atoms with van der Waals surface area (Å²) in [5, 5.41) is 7.14. The number of nitrogens with zero attached hydrogens (tertiary/aromatic N) is 3. The quantitative estimate of drug-likeness (QED) is 0.876. The Balaban J connectivity index is 1.71. The Morgan fingerprint density at radius 3 is 3.05 bits per heavy atom. The number of carbonyl (C=O) groups excluding carboxylic acids is 1. The molecule has 1 saturated heterocycles. The van der Waals surface area contributed by atoms with Crippen LogP contribution in [0.15, 0.2) is 0 Å². The van der Waals surface area contributed by atoms with Gasteiger partial charge in [0.15, 0.2) is 0 Å². The summed E-state index contributed by atoms with van der Waals surface area (Å²) in [6.07, 6.45) is 4.14. The molecule has 21 heavy (non-hydrogen) atoms. The molecule has 1 aliphatic heterocycles. The molecule has 2 rings (SSSR count). The van der Waals surface area contributed by atoms with E-state index in [2.05, 4.69) is 40.7 Å². The van der Waals surface area contributed by atoms with Crippen molar-refractivity contribution in [2.24, 2.45) is 5.92 Å². The van der Waals surface area contributed by atoms with Crippen LogP contribution in [0.3, 0.4) is 0 Å². The SMILES string of the molecule is CC(C)c1nnsc1CNC(=O)CC[C@@H]1CCCN(C)C1. The van der Waals surface area contributed by atoms with Crippen LogP contribution >= 0.6 is 11.5 Å². The molecule has 0 bridgehead atoms. The van der Waals surface area contributed by atoms with Crippen molar-refractivity contribution >= 4 is 17.4 Å². The van der Waals surface area contributed by atoms with Crippen LogP contribution in [0.4, 0.5) is 0 Å². The molecule has 6 heteroatoms. The molecule has 2 heterocycles. The average Bonchev–Trinajstić information content (AvgIpc) is 2.91. The van der Waals surface area contributed by atoms with Crippen molar-refractivity contribution in [3.8, 4) is 0 Å². The fourth-order valence-electron chi connectivity index (χ4n) is 2.89. The molecular formula is C15H26N4OS. The van der Waals surface area contributed by atoms with E-state index < -0.39 is 0 Å². The van der Waals surface area contributed by atoms with Crippen LogP contribution < -0.4 is 5.32 Å². The molecule has 0 spiro atoms. The minimum Gasteiger partial charge on any atom is -0.351 e. The van der Waals surface area contributed by atoms with Crippen molar-refractivity contribution < 1.29 is 4.79 Å². The van der Waals surface area contributed by atoms with E-state index in [0.29, 0.717) is 24.8 Å². The van der Waals surface area contributed by atoms with Crippen LogP contribution in [0.2, 0.25) is 0 Å². The van der Waals surface area contributed by atoms with E-state index in [1.807, 2.05) is 0 Å². The second-order valence-corrected chi connectivity index (χ2v) is 7.16. The maximum absolute atomic E-state index is 12.0. The molecule has 1 N–H and O–H groups in total. The fourth-order valence-corrected chi connectivity index (χ4v) is 3.62. The lowest BCUT2D eigenvalue weighted by atomic mass is 9.93. The molecule has 0 radical (unpaired) electrons. The number of hydrogen-bond acceptors (Lipinski definition) is 5. The number of hydrogen-bond donors (Lipinski definition) is 1. The highest BCUT2D eigenvalue weighted by molar-refractivity contribution is 7.05. The van der Waals surface area contributed by atoms with Gasteiger partial charge in [-0.25, -0.2) is 0 Å². The lowest BCUT2D eigenvalue weighted by Gasteiger charge is -2.29. The lowest BCUT2D eigenvalue weighted by Crippen LogP contribution is -2.33. The normalized spacial score (nSPS) is 19.9. The van der Waals surface area contributed by atoms with Gasteiger partial charge in [-0.05, 0) is 56.2 Å². The summed E-state index contributed by atoms with van der Waals surface area (Å²) in [5.41, 5.74) is 1.01. The Bertz CT molecular complexity index is 460. The molecule has 5 nitrogen and oxygen atoms in total. The van der Waals surface area contributed by atoms with E-state index in [1.54, 1.807) is 0 Å². The molecule has 0 saturated carbocycles. The predicted octanol–water partition coefficient (Wildman–Crippen LogP) is 2.40. The summed E-state index contributed by atoms with van der Waals surface area (Å²) in [6, 6.07) is 0. The first-order chi connectivity index (χ1) is 10.1. The molecule has 0 unspecified atom stereocenters. The molecule has 1 amide bonds. The number of carbonyl (C=O) groups is 1. The second kappa shape index (κ2) is 7.84. The van der Waals surface area contributed by atoms with Gasteiger partial charge in [0.05, 0.1) is 17.1 Å². The van der Waals surface area contributed by atoms with Gasteiger partial charge in [0.25, 0.3) is 0 Å². The summed E-state index contributed by atoms with van der Waals surface area (Å²) in [6.45, 7) is 7.08. The van der Waals surface area contributed by atoms with Crippen LogP contribution in [0, 0.1) is 5.92 Å². The van der Waals surface area contributed by atoms with E-state index >= 15 is 0 Å². The van der Waals surface area contributed by atoms with Gasteiger partial charge in [-0.15, -0.1) is 5.10 Å². The van der Waals surface area contributed by atoms with Gasteiger partial charge in [-0.1, -0.05) is 18.3 Å². The Hall–Kier alpha value is -1.01. The summed E-state index contributed by atoms with van der Waals surface area (Å²) in [4.78, 5) is 15.4. The minimum atomic E-state index is 0.145. The van der Waals surface area contributed by atoms with Crippen molar-refractivity contribution in [1.29, 1.82) is 0 Å². The maximum Gasteiger partial charge on any atom is 0.220 e. The van der Waals surface area contributed by atoms with Crippen LogP contribution in [0.1, 0.15) is 56.0 Å². The van der Waals surface area contributed by atoms with Gasteiger partial charge in [0.2, 0.25) is 5.91 Å². The molecule has 1 aliphatic rings. The van der Waals surface area contributed by atoms with Gasteiger partial charge in [-0.2, -0.15) is 0 Å². The van der Waals surface area contributed by atoms with Gasteiger partial charge in [0.1, 0.15) is 0 Å². The largest absolute Gasteiger partial charge is 0.351 e. The summed E-state index contributed by atoms with van der Waals surface area (Å²) < 4.78 is 3.98. The number of piperidine rings is 1. The van der Waals surface area contributed by atoms with Gasteiger partial charge in [0, 0.05) is 13.0 Å². The zero-order chi connectivity index (χ0) is 15.2. The van der Waals surface area contributed by atoms with Crippen molar-refractivity contribution in [3.63, 3.8) is 0 Å². The van der Waals surface area contributed by atoms with Crippen LogP contribution in [0.25, 0.3) is 0 Å². The number of aromatic nitrogens is 2. The molecule has 1 aromatic heterocycles. The van der Waals surface area contributed by atoms with Crippen molar-refractivity contribution in [1.82, 2.24) is 19.8 Å². The molecule has 0 aliphatic carbocycles. The number of rotatable bonds is 6. The predicted molar refractivity (Wildman–Crippen MR) is 85.3 cm³/mol. The van der Waals surface area contributed by atoms with Gasteiger partial charge < -0.3 is 10.2 Å². The van der Waals surface area contributed by atoms with E-state index in [0.717, 1.165) is 23.5 Å². The van der Waals surface area contributed by atoms with E-state index in [-0.39, 0.29) is 5.91 Å². The highest BCUT2D eigenvalue weighted by Gasteiger charge is 2.18. The smallest absolute Gasteiger partial charge is 0.220 e. The first-order valence-corrected chi connectivity index (χ1v) is 8.60. The van der Waals surface area contributed by atoms with Gasteiger partial charge in [-0.3, -0.25) is 4.79 Å². The summed E-state index contributed by atoms with van der Waals surface area (Å²) in [5.74, 6) is 1.17. The molecule has 118 valence electrons. The Labute approximate surface area is 131 Å². The number of amides is 1. The van der Waals surface area contributed by atoms with Crippen LogP contribution in [-0.2, 0) is 11.3 Å².